The van der Waals surface area contributed by atoms with Crippen molar-refractivity contribution in [2.75, 3.05) is 7.11 Å². The highest BCUT2D eigenvalue weighted by Crippen LogP contribution is 2.22. The number of fused-ring (bicyclic) bond motifs is 1. The molecule has 0 fully saturated rings. The summed E-state index contributed by atoms with van der Waals surface area (Å²) in [7, 11) is 1.56. The summed E-state index contributed by atoms with van der Waals surface area (Å²) in [5.74, 6) is 0.684. The van der Waals surface area contributed by atoms with Crippen LogP contribution in [0.3, 0.4) is 0 Å². The van der Waals surface area contributed by atoms with E-state index in [0.29, 0.717) is 22.3 Å². The molecule has 0 radical (unpaired) electrons. The van der Waals surface area contributed by atoms with Crippen LogP contribution in [0.15, 0.2) is 47.3 Å². The van der Waals surface area contributed by atoms with Crippen LogP contribution in [0, 0.1) is 10.1 Å². The normalized spacial score (nSPS) is 10.7. The molecule has 7 heteroatoms. The number of hydrogen-bond acceptors (Lipinski definition) is 4. The predicted octanol–water partition coefficient (Wildman–Crippen LogP) is 2.24. The number of nitro groups is 1. The molecule has 0 saturated heterocycles. The Kier molecular flexibility index (Phi) is 2.94. The van der Waals surface area contributed by atoms with E-state index in [2.05, 4.69) is 5.10 Å². The van der Waals surface area contributed by atoms with Crippen LogP contribution in [0.2, 0.25) is 0 Å². The minimum absolute atomic E-state index is 0.0660. The van der Waals surface area contributed by atoms with Gasteiger partial charge in [0.25, 0.3) is 11.2 Å². The number of nitrogens with zero attached hydrogens (tertiary/aromatic N) is 2. The monoisotopic (exact) mass is 285 g/mol. The van der Waals surface area contributed by atoms with Crippen LogP contribution in [-0.4, -0.2) is 21.8 Å². The molecule has 0 spiro atoms. The molecule has 21 heavy (non-hydrogen) atoms. The lowest BCUT2D eigenvalue weighted by molar-refractivity contribution is -0.384. The van der Waals surface area contributed by atoms with Crippen molar-refractivity contribution >= 4 is 16.6 Å². The summed E-state index contributed by atoms with van der Waals surface area (Å²) in [6, 6.07) is 11.1. The molecular formula is C14H11N3O4. The molecule has 106 valence electrons. The Bertz CT molecular complexity index is 877. The third-order valence-corrected chi connectivity index (χ3v) is 3.22. The number of aromatic amines is 1. The van der Waals surface area contributed by atoms with E-state index in [1.54, 1.807) is 31.4 Å². The highest BCUT2D eigenvalue weighted by molar-refractivity contribution is 5.82. The van der Waals surface area contributed by atoms with Gasteiger partial charge in [-0.15, -0.1) is 0 Å². The second-order valence-corrected chi connectivity index (χ2v) is 4.43. The molecular weight excluding hydrogens is 274 g/mol. The maximum absolute atomic E-state index is 11.9. The van der Waals surface area contributed by atoms with Crippen molar-refractivity contribution in [3.05, 3.63) is 62.9 Å². The average Bonchev–Trinajstić information content (AvgIpc) is 2.84. The largest absolute Gasteiger partial charge is 0.497 e. The third kappa shape index (κ3) is 2.14. The van der Waals surface area contributed by atoms with Gasteiger partial charge in [-0.05, 0) is 30.3 Å². The summed E-state index contributed by atoms with van der Waals surface area (Å²) in [5, 5.41) is 13.9. The van der Waals surface area contributed by atoms with Crippen LogP contribution in [0.4, 0.5) is 5.69 Å². The third-order valence-electron chi connectivity index (χ3n) is 3.22. The summed E-state index contributed by atoms with van der Waals surface area (Å²) in [6.45, 7) is 0. The molecule has 1 heterocycles. The Morgan fingerprint density at radius 2 is 1.90 bits per heavy atom. The molecule has 0 saturated carbocycles. The molecule has 1 N–H and O–H groups in total. The highest BCUT2D eigenvalue weighted by atomic mass is 16.6. The first kappa shape index (κ1) is 12.9. The molecule has 0 amide bonds. The lowest BCUT2D eigenvalue weighted by Crippen LogP contribution is -2.03. The SMILES string of the molecule is COc1ccc(-n2[nH]c(=O)c3ccc([N+](=O)[O-])cc32)cc1. The smallest absolute Gasteiger partial charge is 0.272 e. The van der Waals surface area contributed by atoms with E-state index in [4.69, 9.17) is 4.74 Å². The van der Waals surface area contributed by atoms with Crippen molar-refractivity contribution in [2.45, 2.75) is 0 Å². The first-order valence-corrected chi connectivity index (χ1v) is 6.14. The van der Waals surface area contributed by atoms with Gasteiger partial charge < -0.3 is 4.74 Å². The van der Waals surface area contributed by atoms with E-state index in [9.17, 15) is 14.9 Å². The molecule has 0 unspecified atom stereocenters. The number of benzene rings is 2. The first-order chi connectivity index (χ1) is 10.1. The number of ether oxygens (including phenoxy) is 1. The Balaban J connectivity index is 2.23. The number of methoxy groups -OCH3 is 1. The van der Waals surface area contributed by atoms with Crippen LogP contribution >= 0.6 is 0 Å². The average molecular weight is 285 g/mol. The van der Waals surface area contributed by atoms with Crippen molar-refractivity contribution in [3.8, 4) is 11.4 Å². The molecule has 3 rings (SSSR count). The molecule has 0 aliphatic heterocycles. The maximum atomic E-state index is 11.9. The topological polar surface area (TPSA) is 90.2 Å². The number of nitro benzene ring substituents is 1. The molecule has 2 aromatic carbocycles. The summed E-state index contributed by atoms with van der Waals surface area (Å²) in [5.41, 5.74) is 0.780. The molecule has 0 aliphatic carbocycles. The fourth-order valence-electron chi connectivity index (χ4n) is 2.17. The van der Waals surface area contributed by atoms with Gasteiger partial charge in [0.15, 0.2) is 0 Å². The lowest BCUT2D eigenvalue weighted by atomic mass is 10.2. The van der Waals surface area contributed by atoms with E-state index in [-0.39, 0.29) is 11.2 Å². The Labute approximate surface area is 118 Å². The van der Waals surface area contributed by atoms with Crippen molar-refractivity contribution in [1.29, 1.82) is 0 Å². The van der Waals surface area contributed by atoms with Gasteiger partial charge in [0, 0.05) is 12.1 Å². The Morgan fingerprint density at radius 1 is 1.19 bits per heavy atom. The molecule has 1 aromatic heterocycles. The van der Waals surface area contributed by atoms with Crippen molar-refractivity contribution in [3.63, 3.8) is 0 Å². The number of aromatic nitrogens is 2. The minimum Gasteiger partial charge on any atom is -0.497 e. The molecule has 7 nitrogen and oxygen atoms in total. The van der Waals surface area contributed by atoms with E-state index in [1.807, 2.05) is 0 Å². The predicted molar refractivity (Wildman–Crippen MR) is 77.1 cm³/mol. The van der Waals surface area contributed by atoms with Gasteiger partial charge in [-0.25, -0.2) is 0 Å². The zero-order valence-electron chi connectivity index (χ0n) is 11.1. The van der Waals surface area contributed by atoms with Gasteiger partial charge in [0.2, 0.25) is 0 Å². The number of hydrogen-bond donors (Lipinski definition) is 1. The molecule has 0 atom stereocenters. The fraction of sp³-hybridized carbons (Fsp3) is 0.0714. The van der Waals surface area contributed by atoms with E-state index >= 15 is 0 Å². The van der Waals surface area contributed by atoms with Crippen LogP contribution in [0.25, 0.3) is 16.6 Å². The van der Waals surface area contributed by atoms with Crippen LogP contribution in [-0.2, 0) is 0 Å². The second kappa shape index (κ2) is 4.78. The molecule has 0 bridgehead atoms. The number of H-pyrrole nitrogens is 1. The van der Waals surface area contributed by atoms with Crippen LogP contribution in [0.5, 0.6) is 5.75 Å². The second-order valence-electron chi connectivity index (χ2n) is 4.43. The summed E-state index contributed by atoms with van der Waals surface area (Å²) < 4.78 is 6.60. The van der Waals surface area contributed by atoms with Crippen LogP contribution in [0.1, 0.15) is 0 Å². The molecule has 3 aromatic rings. The van der Waals surface area contributed by atoms with Crippen molar-refractivity contribution < 1.29 is 9.66 Å². The van der Waals surface area contributed by atoms with Gasteiger partial charge in [-0.1, -0.05) is 0 Å². The van der Waals surface area contributed by atoms with Gasteiger partial charge >= 0.3 is 0 Å². The number of rotatable bonds is 3. The Hall–Kier alpha value is -3.09. The van der Waals surface area contributed by atoms with E-state index in [0.717, 1.165) is 0 Å². The van der Waals surface area contributed by atoms with Crippen molar-refractivity contribution in [2.24, 2.45) is 0 Å². The lowest BCUT2D eigenvalue weighted by Gasteiger charge is -2.05. The quantitative estimate of drug-likeness (QED) is 0.590. The van der Waals surface area contributed by atoms with Crippen LogP contribution < -0.4 is 10.3 Å². The molecule has 0 aliphatic rings. The summed E-state index contributed by atoms with van der Waals surface area (Å²) in [6.07, 6.45) is 0. The van der Waals surface area contributed by atoms with Gasteiger partial charge in [0.1, 0.15) is 5.75 Å². The van der Waals surface area contributed by atoms with Crippen molar-refractivity contribution in [1.82, 2.24) is 9.78 Å². The maximum Gasteiger partial charge on any atom is 0.272 e. The van der Waals surface area contributed by atoms with Gasteiger partial charge in [0.05, 0.1) is 28.6 Å². The zero-order chi connectivity index (χ0) is 15.0. The van der Waals surface area contributed by atoms with E-state index < -0.39 is 4.92 Å². The minimum atomic E-state index is -0.491. The standard InChI is InChI=1S/C14H11N3O4/c1-21-11-5-2-9(3-6-11)16-13-8-10(17(19)20)4-7-12(13)14(18)15-16/h2-8H,1H3,(H,15,18). The fourth-order valence-corrected chi connectivity index (χ4v) is 2.17. The highest BCUT2D eigenvalue weighted by Gasteiger charge is 2.13. The zero-order valence-corrected chi connectivity index (χ0v) is 11.1. The van der Waals surface area contributed by atoms with Gasteiger partial charge in [-0.2, -0.15) is 0 Å². The van der Waals surface area contributed by atoms with Gasteiger partial charge in [-0.3, -0.25) is 24.7 Å². The summed E-state index contributed by atoms with van der Waals surface area (Å²) >= 11 is 0. The van der Waals surface area contributed by atoms with E-state index in [1.165, 1.54) is 22.9 Å². The number of non-ortho nitro benzene ring substituents is 1. The number of nitrogens with one attached hydrogen (secondary N) is 1. The summed E-state index contributed by atoms with van der Waals surface area (Å²) in [4.78, 5) is 22.3. The first-order valence-electron chi connectivity index (χ1n) is 6.14. The Morgan fingerprint density at radius 3 is 2.52 bits per heavy atom.